The van der Waals surface area contributed by atoms with Crippen LogP contribution in [-0.4, -0.2) is 0 Å². The van der Waals surface area contributed by atoms with Gasteiger partial charge in [-0.05, 0) is 0 Å². The standard InChI is InChI=1S/C7H5N/c1-8-7-5-3-2-4-6-7/h2-6H/i2D,5D,6D. The first kappa shape index (κ1) is 2.32. The average molecular weight is 106 g/mol. The van der Waals surface area contributed by atoms with Gasteiger partial charge in [-0.25, -0.2) is 4.85 Å². The predicted molar refractivity (Wildman–Crippen MR) is 32.7 cm³/mol. The van der Waals surface area contributed by atoms with E-state index < -0.39 is 0 Å². The molecule has 38 valence electrons. The van der Waals surface area contributed by atoms with E-state index in [9.17, 15) is 0 Å². The maximum absolute atomic E-state index is 7.20. The molecule has 0 saturated heterocycles. The molecule has 0 fully saturated rings. The summed E-state index contributed by atoms with van der Waals surface area (Å²) in [6.07, 6.45) is 0. The molecular formula is C7H5N. The van der Waals surface area contributed by atoms with Crippen molar-refractivity contribution in [1.29, 1.82) is 0 Å². The Labute approximate surface area is 52.6 Å². The van der Waals surface area contributed by atoms with Crippen molar-refractivity contribution in [2.75, 3.05) is 0 Å². The topological polar surface area (TPSA) is 4.36 Å². The zero-order valence-electron chi connectivity index (χ0n) is 7.10. The van der Waals surface area contributed by atoms with Crippen molar-refractivity contribution in [2.45, 2.75) is 0 Å². The molecule has 1 rings (SSSR count). The van der Waals surface area contributed by atoms with Crippen molar-refractivity contribution < 1.29 is 4.11 Å². The number of para-hydroxylation sites is 1. The smallest absolute Gasteiger partial charge is 0.187 e. The van der Waals surface area contributed by atoms with E-state index in [1.165, 1.54) is 12.1 Å². The molecular weight excluding hydrogens is 98.1 g/mol. The highest BCUT2D eigenvalue weighted by atomic mass is 14.6. The van der Waals surface area contributed by atoms with Gasteiger partial charge < -0.3 is 0 Å². The van der Waals surface area contributed by atoms with Crippen LogP contribution in [0.1, 0.15) is 4.11 Å². The summed E-state index contributed by atoms with van der Waals surface area (Å²) < 4.78 is 21.5. The van der Waals surface area contributed by atoms with Gasteiger partial charge in [0.05, 0.1) is 7.94 Å². The van der Waals surface area contributed by atoms with Crippen molar-refractivity contribution in [1.82, 2.24) is 0 Å². The fourth-order valence-electron chi connectivity index (χ4n) is 0.368. The molecule has 0 aliphatic carbocycles. The Hall–Kier alpha value is -1.29. The van der Waals surface area contributed by atoms with Crippen LogP contribution in [-0.2, 0) is 0 Å². The van der Waals surface area contributed by atoms with E-state index in [4.69, 9.17) is 10.7 Å². The van der Waals surface area contributed by atoms with Crippen molar-refractivity contribution in [3.8, 4) is 0 Å². The maximum Gasteiger partial charge on any atom is 0.187 e. The van der Waals surface area contributed by atoms with E-state index in [0.717, 1.165) is 0 Å². The van der Waals surface area contributed by atoms with Crippen LogP contribution in [0.2, 0.25) is 0 Å². The van der Waals surface area contributed by atoms with Gasteiger partial charge in [-0.2, -0.15) is 0 Å². The van der Waals surface area contributed by atoms with Gasteiger partial charge in [0.15, 0.2) is 5.69 Å². The van der Waals surface area contributed by atoms with Crippen LogP contribution in [0, 0.1) is 6.57 Å². The normalized spacial score (nSPS) is 13.1. The molecule has 0 radical (unpaired) electrons. The number of hydrogen-bond acceptors (Lipinski definition) is 0. The summed E-state index contributed by atoms with van der Waals surface area (Å²) in [5.74, 6) is 0. The summed E-state index contributed by atoms with van der Waals surface area (Å²) >= 11 is 0. The Morgan fingerprint density at radius 1 is 1.50 bits per heavy atom. The summed E-state index contributed by atoms with van der Waals surface area (Å²) in [4.78, 5) is 3.00. The van der Waals surface area contributed by atoms with Crippen molar-refractivity contribution >= 4 is 5.69 Å². The average Bonchev–Trinajstić information content (AvgIpc) is 1.85. The first-order valence-corrected chi connectivity index (χ1v) is 2.10. The maximum atomic E-state index is 7.20. The second kappa shape index (κ2) is 2.13. The lowest BCUT2D eigenvalue weighted by atomic mass is 10.3. The van der Waals surface area contributed by atoms with E-state index in [0.29, 0.717) is 0 Å². The van der Waals surface area contributed by atoms with Gasteiger partial charge in [0, 0.05) is 2.74 Å². The Morgan fingerprint density at radius 3 is 2.62 bits per heavy atom. The number of hydrogen-bond donors (Lipinski definition) is 0. The Kier molecular flexibility index (Phi) is 0.618. The third-order valence-corrected chi connectivity index (χ3v) is 0.696. The minimum atomic E-state index is -0.0440. The van der Waals surface area contributed by atoms with E-state index in [2.05, 4.69) is 4.85 Å². The lowest BCUT2D eigenvalue weighted by molar-refractivity contribution is 1.72. The van der Waals surface area contributed by atoms with Gasteiger partial charge in [0.2, 0.25) is 0 Å². The predicted octanol–water partition coefficient (Wildman–Crippen LogP) is 2.24. The van der Waals surface area contributed by atoms with E-state index in [1.54, 1.807) is 0 Å². The molecule has 0 aromatic heterocycles. The van der Waals surface area contributed by atoms with Gasteiger partial charge in [-0.15, -0.1) is 0 Å². The molecule has 0 bridgehead atoms. The molecule has 0 aliphatic rings. The van der Waals surface area contributed by atoms with Crippen LogP contribution in [0.3, 0.4) is 0 Å². The zero-order chi connectivity index (χ0) is 8.43. The van der Waals surface area contributed by atoms with Crippen LogP contribution < -0.4 is 0 Å². The Bertz CT molecular complexity index is 304. The largest absolute Gasteiger partial charge is 0.238 e. The van der Waals surface area contributed by atoms with Crippen molar-refractivity contribution in [3.05, 3.63) is 41.7 Å². The molecule has 0 heterocycles. The zero-order valence-corrected chi connectivity index (χ0v) is 4.10. The molecule has 1 nitrogen and oxygen atoms in total. The summed E-state index contributed by atoms with van der Waals surface area (Å²) in [6, 6.07) is 2.53. The third kappa shape index (κ3) is 0.855. The second-order valence-electron chi connectivity index (χ2n) is 1.20. The lowest BCUT2D eigenvalue weighted by Crippen LogP contribution is -1.54. The monoisotopic (exact) mass is 106 g/mol. The Morgan fingerprint density at radius 2 is 2.12 bits per heavy atom. The molecule has 1 aromatic rings. The molecule has 0 aliphatic heterocycles. The summed E-state index contributed by atoms with van der Waals surface area (Å²) in [5.41, 5.74) is 0.0148. The van der Waals surface area contributed by atoms with Gasteiger partial charge in [0.25, 0.3) is 0 Å². The van der Waals surface area contributed by atoms with E-state index >= 15 is 0 Å². The van der Waals surface area contributed by atoms with Gasteiger partial charge in [0.1, 0.15) is 0 Å². The second-order valence-corrected chi connectivity index (χ2v) is 1.20. The summed E-state index contributed by atoms with van der Waals surface area (Å²) in [6.45, 7) is 6.62. The van der Waals surface area contributed by atoms with Crippen LogP contribution in [0.5, 0.6) is 0 Å². The van der Waals surface area contributed by atoms with Crippen LogP contribution >= 0.6 is 0 Å². The molecule has 0 spiro atoms. The highest BCUT2D eigenvalue weighted by Gasteiger charge is 1.79. The van der Waals surface area contributed by atoms with Crippen molar-refractivity contribution in [3.63, 3.8) is 0 Å². The molecule has 1 heteroatoms. The van der Waals surface area contributed by atoms with E-state index in [1.807, 2.05) is 0 Å². The molecule has 0 unspecified atom stereocenters. The van der Waals surface area contributed by atoms with Crippen LogP contribution in [0.4, 0.5) is 5.69 Å². The Balaban J connectivity index is 3.40. The minimum absolute atomic E-state index is 0.0148. The SMILES string of the molecule is [2H]c1cc([2H])c([N+]#[C-])c([2H])c1. The molecule has 0 saturated carbocycles. The third-order valence-electron chi connectivity index (χ3n) is 0.696. The molecule has 0 N–H and O–H groups in total. The number of nitrogens with zero attached hydrogens (tertiary/aromatic N) is 1. The molecule has 0 amide bonds. The van der Waals surface area contributed by atoms with Gasteiger partial charge >= 0.3 is 0 Å². The highest BCUT2D eigenvalue weighted by molar-refractivity contribution is 5.42. The van der Waals surface area contributed by atoms with Gasteiger partial charge in [-0.1, -0.05) is 30.3 Å². The first-order valence-electron chi connectivity index (χ1n) is 3.60. The molecule has 1 aromatic carbocycles. The quantitative estimate of drug-likeness (QED) is 0.447. The molecule has 0 atom stereocenters. The summed E-state index contributed by atoms with van der Waals surface area (Å²) in [7, 11) is 0. The number of benzene rings is 1. The minimum Gasteiger partial charge on any atom is -0.238 e. The van der Waals surface area contributed by atoms with Gasteiger partial charge in [-0.3, -0.25) is 0 Å². The van der Waals surface area contributed by atoms with Crippen LogP contribution in [0.15, 0.2) is 30.3 Å². The lowest BCUT2D eigenvalue weighted by Gasteiger charge is -1.80. The number of rotatable bonds is 0. The van der Waals surface area contributed by atoms with Crippen LogP contribution in [0.25, 0.3) is 4.85 Å². The summed E-state index contributed by atoms with van der Waals surface area (Å²) in [5, 5.41) is 0. The fraction of sp³-hybridized carbons (Fsp3) is 0. The molecule has 8 heavy (non-hydrogen) atoms. The van der Waals surface area contributed by atoms with Crippen molar-refractivity contribution in [2.24, 2.45) is 0 Å². The first-order chi connectivity index (χ1) is 5.15. The highest BCUT2D eigenvalue weighted by Crippen LogP contribution is 2.07. The fourth-order valence-corrected chi connectivity index (χ4v) is 0.368. The van der Waals surface area contributed by atoms with E-state index in [-0.39, 0.29) is 23.8 Å².